The van der Waals surface area contributed by atoms with E-state index in [0.717, 1.165) is 16.2 Å². The highest BCUT2D eigenvalue weighted by Gasteiger charge is 2.39. The van der Waals surface area contributed by atoms with Crippen LogP contribution in [0.15, 0.2) is 52.4 Å². The standard InChI is InChI=1S/C22H18F4N4O/c1-12-7-8-17-15(9-12)13(2)20(22(24,25)26)30(17)19-11-27-18(10-28-19)29-21(31)14-5-3-4-6-16(14)23/h3-10,19H,11H2,1-2H3,(H,27,29,31). The zero-order valence-corrected chi connectivity index (χ0v) is 16.7. The highest BCUT2D eigenvalue weighted by atomic mass is 19.4. The number of fused-ring (bicyclic) bond motifs is 1. The van der Waals surface area contributed by atoms with Gasteiger partial charge in [0.2, 0.25) is 0 Å². The monoisotopic (exact) mass is 430 g/mol. The zero-order chi connectivity index (χ0) is 22.3. The molecule has 5 nitrogen and oxygen atoms in total. The van der Waals surface area contributed by atoms with Crippen molar-refractivity contribution in [3.05, 3.63) is 70.7 Å². The fourth-order valence-corrected chi connectivity index (χ4v) is 3.72. The Labute approximate surface area is 175 Å². The van der Waals surface area contributed by atoms with Crippen LogP contribution in [-0.4, -0.2) is 29.1 Å². The Morgan fingerprint density at radius 1 is 1.16 bits per heavy atom. The van der Waals surface area contributed by atoms with Gasteiger partial charge in [0.1, 0.15) is 23.5 Å². The molecule has 1 N–H and O–H groups in total. The third-order valence-electron chi connectivity index (χ3n) is 5.13. The second-order valence-electron chi connectivity index (χ2n) is 7.28. The van der Waals surface area contributed by atoms with Gasteiger partial charge in [0.15, 0.2) is 0 Å². The normalized spacial score (nSPS) is 16.5. The summed E-state index contributed by atoms with van der Waals surface area (Å²) >= 11 is 0. The SMILES string of the molecule is Cc1ccc2c(c1)c(C)c(C(F)(F)F)n2C1CN=C(NC(=O)c2ccccc2F)C=N1. The van der Waals surface area contributed by atoms with Gasteiger partial charge in [0.25, 0.3) is 5.91 Å². The summed E-state index contributed by atoms with van der Waals surface area (Å²) in [6.07, 6.45) is -4.30. The van der Waals surface area contributed by atoms with Crippen LogP contribution in [0.4, 0.5) is 17.6 Å². The van der Waals surface area contributed by atoms with E-state index in [-0.39, 0.29) is 23.5 Å². The predicted molar refractivity (Wildman–Crippen MR) is 110 cm³/mol. The van der Waals surface area contributed by atoms with Crippen molar-refractivity contribution in [2.75, 3.05) is 6.54 Å². The molecule has 0 saturated heterocycles. The number of nitrogens with one attached hydrogen (secondary N) is 1. The van der Waals surface area contributed by atoms with Crippen molar-refractivity contribution in [1.82, 2.24) is 9.88 Å². The van der Waals surface area contributed by atoms with Crippen molar-refractivity contribution >= 4 is 28.9 Å². The molecule has 2 heterocycles. The van der Waals surface area contributed by atoms with Gasteiger partial charge in [-0.1, -0.05) is 23.8 Å². The van der Waals surface area contributed by atoms with Gasteiger partial charge in [0.05, 0.1) is 23.8 Å². The average molecular weight is 430 g/mol. The molecule has 1 aliphatic heterocycles. The minimum atomic E-state index is -4.57. The first kappa shape index (κ1) is 20.8. The lowest BCUT2D eigenvalue weighted by molar-refractivity contribution is -0.144. The highest BCUT2D eigenvalue weighted by molar-refractivity contribution is 6.34. The van der Waals surface area contributed by atoms with Gasteiger partial charge in [-0.2, -0.15) is 13.2 Å². The maximum absolute atomic E-state index is 13.9. The molecule has 1 aliphatic rings. The molecule has 0 aliphatic carbocycles. The topological polar surface area (TPSA) is 58.8 Å². The Balaban J connectivity index is 1.65. The first-order valence-electron chi connectivity index (χ1n) is 9.48. The number of aromatic nitrogens is 1. The van der Waals surface area contributed by atoms with Gasteiger partial charge in [-0.3, -0.25) is 14.8 Å². The Kier molecular flexibility index (Phi) is 5.12. The van der Waals surface area contributed by atoms with E-state index in [1.165, 1.54) is 31.3 Å². The van der Waals surface area contributed by atoms with Gasteiger partial charge in [-0.25, -0.2) is 4.39 Å². The average Bonchev–Trinajstić information content (AvgIpc) is 3.01. The molecule has 1 atom stereocenters. The molecule has 4 rings (SSSR count). The third-order valence-corrected chi connectivity index (χ3v) is 5.13. The summed E-state index contributed by atoms with van der Waals surface area (Å²) in [7, 11) is 0. The Bertz CT molecular complexity index is 1240. The molecule has 9 heteroatoms. The minimum absolute atomic E-state index is 0.0575. The van der Waals surface area contributed by atoms with Crippen LogP contribution < -0.4 is 5.32 Å². The van der Waals surface area contributed by atoms with E-state index < -0.39 is 29.8 Å². The first-order valence-corrected chi connectivity index (χ1v) is 9.48. The largest absolute Gasteiger partial charge is 0.431 e. The van der Waals surface area contributed by atoms with Crippen LogP contribution in [0.3, 0.4) is 0 Å². The third kappa shape index (κ3) is 3.83. The maximum Gasteiger partial charge on any atom is 0.431 e. The van der Waals surface area contributed by atoms with E-state index in [4.69, 9.17) is 0 Å². The molecular weight excluding hydrogens is 412 g/mol. The molecule has 1 unspecified atom stereocenters. The number of alkyl halides is 3. The molecular formula is C22H18F4N4O. The summed E-state index contributed by atoms with van der Waals surface area (Å²) in [5.41, 5.74) is 0.451. The van der Waals surface area contributed by atoms with Gasteiger partial charge >= 0.3 is 6.18 Å². The van der Waals surface area contributed by atoms with Gasteiger partial charge in [-0.05, 0) is 43.7 Å². The minimum Gasteiger partial charge on any atom is -0.312 e. The van der Waals surface area contributed by atoms with Gasteiger partial charge in [0, 0.05) is 5.39 Å². The first-order chi connectivity index (χ1) is 14.7. The number of amides is 1. The zero-order valence-electron chi connectivity index (χ0n) is 16.7. The van der Waals surface area contributed by atoms with Crippen LogP contribution in [0.2, 0.25) is 0 Å². The smallest absolute Gasteiger partial charge is 0.312 e. The fraction of sp³-hybridized carbons (Fsp3) is 0.227. The lowest BCUT2D eigenvalue weighted by Gasteiger charge is -2.22. The number of rotatable bonds is 2. The van der Waals surface area contributed by atoms with Crippen molar-refractivity contribution in [1.29, 1.82) is 0 Å². The molecule has 0 radical (unpaired) electrons. The van der Waals surface area contributed by atoms with Gasteiger partial charge in [-0.15, -0.1) is 0 Å². The lowest BCUT2D eigenvalue weighted by atomic mass is 10.1. The molecule has 3 aromatic rings. The van der Waals surface area contributed by atoms with Crippen molar-refractivity contribution < 1.29 is 22.4 Å². The van der Waals surface area contributed by atoms with E-state index in [1.807, 2.05) is 6.92 Å². The second kappa shape index (κ2) is 7.64. The molecule has 31 heavy (non-hydrogen) atoms. The van der Waals surface area contributed by atoms with Crippen molar-refractivity contribution in [2.45, 2.75) is 26.2 Å². The van der Waals surface area contributed by atoms with Crippen molar-refractivity contribution in [3.63, 3.8) is 0 Å². The van der Waals surface area contributed by atoms with Crippen molar-refractivity contribution in [3.8, 4) is 0 Å². The van der Waals surface area contributed by atoms with E-state index >= 15 is 0 Å². The molecule has 1 aromatic heterocycles. The van der Waals surface area contributed by atoms with E-state index in [1.54, 1.807) is 18.2 Å². The number of amidine groups is 1. The van der Waals surface area contributed by atoms with Crippen LogP contribution in [0.25, 0.3) is 10.9 Å². The number of carbonyl (C=O) groups is 1. The maximum atomic E-state index is 13.9. The molecule has 0 saturated carbocycles. The van der Waals surface area contributed by atoms with Crippen LogP contribution in [0, 0.1) is 19.7 Å². The molecule has 0 spiro atoms. The number of benzene rings is 2. The van der Waals surface area contributed by atoms with E-state index in [0.29, 0.717) is 10.9 Å². The molecule has 160 valence electrons. The summed E-state index contributed by atoms with van der Waals surface area (Å²) in [5.74, 6) is -1.34. The lowest BCUT2D eigenvalue weighted by Crippen LogP contribution is -2.35. The summed E-state index contributed by atoms with van der Waals surface area (Å²) in [6.45, 7) is 3.15. The van der Waals surface area contributed by atoms with Crippen LogP contribution in [-0.2, 0) is 6.18 Å². The number of carbonyl (C=O) groups excluding carboxylic acids is 1. The molecule has 2 aromatic carbocycles. The Hall–Kier alpha value is -3.49. The summed E-state index contributed by atoms with van der Waals surface area (Å²) in [4.78, 5) is 20.6. The Morgan fingerprint density at radius 3 is 2.55 bits per heavy atom. The number of aliphatic imine (C=N–C) groups is 2. The predicted octanol–water partition coefficient (Wildman–Crippen LogP) is 4.83. The van der Waals surface area contributed by atoms with Crippen LogP contribution in [0.1, 0.15) is 33.3 Å². The number of nitrogens with zero attached hydrogens (tertiary/aromatic N) is 3. The van der Waals surface area contributed by atoms with Gasteiger partial charge < -0.3 is 9.88 Å². The fourth-order valence-electron chi connectivity index (χ4n) is 3.72. The van der Waals surface area contributed by atoms with Crippen molar-refractivity contribution in [2.24, 2.45) is 9.98 Å². The summed E-state index contributed by atoms with van der Waals surface area (Å²) in [5, 5.41) is 2.94. The quantitative estimate of drug-likeness (QED) is 0.582. The number of aryl methyl sites for hydroxylation is 2. The number of hydrogen-bond acceptors (Lipinski definition) is 3. The summed E-state index contributed by atoms with van der Waals surface area (Å²) in [6, 6.07) is 10.5. The number of halogens is 4. The molecule has 0 fully saturated rings. The molecule has 0 bridgehead atoms. The van der Waals surface area contributed by atoms with Crippen LogP contribution in [0.5, 0.6) is 0 Å². The second-order valence-corrected chi connectivity index (χ2v) is 7.28. The van der Waals surface area contributed by atoms with E-state index in [2.05, 4.69) is 15.3 Å². The Morgan fingerprint density at radius 2 is 1.90 bits per heavy atom. The van der Waals surface area contributed by atoms with Crippen LogP contribution >= 0.6 is 0 Å². The molecule has 1 amide bonds. The summed E-state index contributed by atoms with van der Waals surface area (Å²) < 4.78 is 56.5. The van der Waals surface area contributed by atoms with E-state index in [9.17, 15) is 22.4 Å². The highest BCUT2D eigenvalue weighted by Crippen LogP contribution is 2.40. The number of hydrogen-bond donors (Lipinski definition) is 1.